The van der Waals surface area contributed by atoms with E-state index in [9.17, 15) is 8.42 Å². The molecule has 1 atom stereocenters. The molecule has 174 valence electrons. The Hall–Kier alpha value is -2.91. The summed E-state index contributed by atoms with van der Waals surface area (Å²) in [6.45, 7) is 7.76. The molecule has 1 aromatic heterocycles. The number of aryl methyl sites for hydroxylation is 1. The summed E-state index contributed by atoms with van der Waals surface area (Å²) < 4.78 is 33.5. The standard InChI is InChI=1S/C24H29N5O3S/c1-16(2)14-22(23-25-17(3)28-32-23)29(5)33(30,31)19-12-10-18(11-13-19)15-24(4)26-20-8-6-7-9-21(20)27-24/h6-13,16,22H,14-15H2,1-5H3. The third kappa shape index (κ3) is 4.89. The van der Waals surface area contributed by atoms with Crippen molar-refractivity contribution in [1.29, 1.82) is 0 Å². The summed E-state index contributed by atoms with van der Waals surface area (Å²) in [5, 5.41) is 5.60. The Balaban J connectivity index is 1.56. The van der Waals surface area contributed by atoms with Crippen LogP contribution in [0.15, 0.2) is 67.9 Å². The Bertz CT molecular complexity index is 1330. The van der Waals surface area contributed by atoms with Crippen molar-refractivity contribution >= 4 is 10.0 Å². The van der Waals surface area contributed by atoms with Crippen molar-refractivity contribution in [2.75, 3.05) is 7.05 Å². The predicted octanol–water partition coefficient (Wildman–Crippen LogP) is 3.00. The van der Waals surface area contributed by atoms with Crippen LogP contribution >= 0.6 is 0 Å². The van der Waals surface area contributed by atoms with E-state index in [1.165, 1.54) is 4.31 Å². The van der Waals surface area contributed by atoms with Crippen molar-refractivity contribution in [2.24, 2.45) is 15.9 Å². The second kappa shape index (κ2) is 8.79. The van der Waals surface area contributed by atoms with E-state index < -0.39 is 21.7 Å². The van der Waals surface area contributed by atoms with Crippen LogP contribution < -0.4 is 10.7 Å². The van der Waals surface area contributed by atoms with Gasteiger partial charge in [0.25, 0.3) is 0 Å². The first kappa shape index (κ1) is 23.3. The monoisotopic (exact) mass is 467 g/mol. The lowest BCUT2D eigenvalue weighted by Crippen LogP contribution is -2.32. The molecule has 9 heteroatoms. The van der Waals surface area contributed by atoms with E-state index in [-0.39, 0.29) is 10.8 Å². The highest BCUT2D eigenvalue weighted by atomic mass is 32.2. The largest absolute Gasteiger partial charge is 0.338 e. The Morgan fingerprint density at radius 2 is 1.64 bits per heavy atom. The van der Waals surface area contributed by atoms with Crippen molar-refractivity contribution in [2.45, 2.75) is 57.1 Å². The van der Waals surface area contributed by atoms with E-state index in [0.717, 1.165) is 16.3 Å². The second-order valence-corrected chi connectivity index (χ2v) is 11.1. The number of fused-ring (bicyclic) bond motifs is 1. The molecule has 2 aromatic carbocycles. The zero-order valence-electron chi connectivity index (χ0n) is 19.6. The third-order valence-electron chi connectivity index (χ3n) is 5.71. The summed E-state index contributed by atoms with van der Waals surface area (Å²) >= 11 is 0. The molecule has 1 aliphatic heterocycles. The molecule has 8 nitrogen and oxygen atoms in total. The lowest BCUT2D eigenvalue weighted by Gasteiger charge is -2.26. The smallest absolute Gasteiger partial charge is 0.245 e. The molecule has 2 heterocycles. The molecule has 0 bridgehead atoms. The van der Waals surface area contributed by atoms with Crippen LogP contribution in [0.3, 0.4) is 0 Å². The van der Waals surface area contributed by atoms with Crippen LogP contribution in [0.25, 0.3) is 0 Å². The number of aromatic nitrogens is 2. The minimum atomic E-state index is -3.77. The summed E-state index contributed by atoms with van der Waals surface area (Å²) in [5.41, 5.74) is 0.365. The van der Waals surface area contributed by atoms with Gasteiger partial charge in [-0.15, -0.1) is 0 Å². The van der Waals surface area contributed by atoms with Crippen LogP contribution in [-0.4, -0.2) is 35.6 Å². The molecule has 33 heavy (non-hydrogen) atoms. The van der Waals surface area contributed by atoms with Gasteiger partial charge in [0.1, 0.15) is 6.04 Å². The highest BCUT2D eigenvalue weighted by molar-refractivity contribution is 7.89. The number of hydrogen-bond acceptors (Lipinski definition) is 7. The summed E-state index contributed by atoms with van der Waals surface area (Å²) in [6, 6.07) is 14.2. The van der Waals surface area contributed by atoms with Crippen LogP contribution in [0.2, 0.25) is 0 Å². The number of rotatable bonds is 8. The van der Waals surface area contributed by atoms with Crippen LogP contribution in [-0.2, 0) is 16.4 Å². The van der Waals surface area contributed by atoms with Crippen molar-refractivity contribution in [1.82, 2.24) is 14.4 Å². The van der Waals surface area contributed by atoms with Crippen molar-refractivity contribution in [3.63, 3.8) is 0 Å². The highest BCUT2D eigenvalue weighted by Crippen LogP contribution is 2.31. The maximum atomic E-state index is 13.4. The van der Waals surface area contributed by atoms with Gasteiger partial charge in [0.05, 0.1) is 15.6 Å². The van der Waals surface area contributed by atoms with Crippen molar-refractivity contribution in [3.05, 3.63) is 76.5 Å². The summed E-state index contributed by atoms with van der Waals surface area (Å²) in [5.74, 6) is 1.03. The van der Waals surface area contributed by atoms with E-state index in [1.807, 2.05) is 57.2 Å². The van der Waals surface area contributed by atoms with Crippen molar-refractivity contribution < 1.29 is 12.9 Å². The van der Waals surface area contributed by atoms with Gasteiger partial charge in [-0.05, 0) is 56.0 Å². The molecule has 1 aliphatic rings. The minimum absolute atomic E-state index is 0.215. The molecule has 3 aromatic rings. The van der Waals surface area contributed by atoms with Gasteiger partial charge >= 0.3 is 0 Å². The Labute approximate surface area is 194 Å². The second-order valence-electron chi connectivity index (χ2n) is 9.10. The van der Waals surface area contributed by atoms with E-state index in [4.69, 9.17) is 14.5 Å². The average Bonchev–Trinajstić information content (AvgIpc) is 3.33. The maximum Gasteiger partial charge on any atom is 0.245 e. The average molecular weight is 468 g/mol. The van der Waals surface area contributed by atoms with E-state index >= 15 is 0 Å². The van der Waals surface area contributed by atoms with Crippen LogP contribution in [0.4, 0.5) is 0 Å². The molecule has 0 saturated carbocycles. The molecule has 0 fully saturated rings. The van der Waals surface area contributed by atoms with E-state index in [1.54, 1.807) is 26.1 Å². The van der Waals surface area contributed by atoms with Crippen LogP contribution in [0, 0.1) is 12.8 Å². The number of sulfonamides is 1. The van der Waals surface area contributed by atoms with E-state index in [0.29, 0.717) is 24.6 Å². The van der Waals surface area contributed by atoms with Gasteiger partial charge in [-0.1, -0.05) is 43.3 Å². The molecule has 0 radical (unpaired) electrons. The fourth-order valence-corrected chi connectivity index (χ4v) is 5.40. The summed E-state index contributed by atoms with van der Waals surface area (Å²) in [4.78, 5) is 14.0. The fourth-order valence-electron chi connectivity index (χ4n) is 4.08. The summed E-state index contributed by atoms with van der Waals surface area (Å²) in [6.07, 6.45) is 1.15. The molecule has 0 amide bonds. The number of benzene rings is 2. The van der Waals surface area contributed by atoms with Crippen LogP contribution in [0.1, 0.15) is 50.5 Å². The van der Waals surface area contributed by atoms with Crippen LogP contribution in [0.5, 0.6) is 0 Å². The zero-order chi connectivity index (χ0) is 23.8. The summed E-state index contributed by atoms with van der Waals surface area (Å²) in [7, 11) is -2.21. The van der Waals surface area contributed by atoms with Gasteiger partial charge < -0.3 is 4.52 Å². The minimum Gasteiger partial charge on any atom is -0.338 e. The van der Waals surface area contributed by atoms with Gasteiger partial charge in [0, 0.05) is 13.5 Å². The Morgan fingerprint density at radius 3 is 2.15 bits per heavy atom. The number of nitrogens with zero attached hydrogens (tertiary/aromatic N) is 5. The van der Waals surface area contributed by atoms with Gasteiger partial charge in [0.15, 0.2) is 11.5 Å². The molecule has 4 rings (SSSR count). The third-order valence-corrected chi connectivity index (χ3v) is 7.59. The number of hydrogen-bond donors (Lipinski definition) is 0. The quantitative estimate of drug-likeness (QED) is 0.507. The molecular weight excluding hydrogens is 438 g/mol. The lowest BCUT2D eigenvalue weighted by atomic mass is 10.0. The SMILES string of the molecule is Cc1noc(C(CC(C)C)N(C)S(=O)(=O)c2ccc(CC3(C)N=c4ccccc4=N3)cc2)n1. The first-order valence-corrected chi connectivity index (χ1v) is 12.4. The Morgan fingerprint density at radius 1 is 1.03 bits per heavy atom. The molecule has 0 aliphatic carbocycles. The lowest BCUT2D eigenvalue weighted by molar-refractivity contribution is 0.247. The highest BCUT2D eigenvalue weighted by Gasteiger charge is 2.33. The maximum absolute atomic E-state index is 13.4. The predicted molar refractivity (Wildman–Crippen MR) is 123 cm³/mol. The first-order valence-electron chi connectivity index (χ1n) is 11.0. The molecule has 0 spiro atoms. The van der Waals surface area contributed by atoms with E-state index in [2.05, 4.69) is 10.1 Å². The molecule has 0 N–H and O–H groups in total. The van der Waals surface area contributed by atoms with Gasteiger partial charge in [0.2, 0.25) is 15.9 Å². The van der Waals surface area contributed by atoms with Gasteiger partial charge in [-0.3, -0.25) is 9.98 Å². The molecular formula is C24H29N5O3S. The first-order chi connectivity index (χ1) is 15.6. The fraction of sp³-hybridized carbons (Fsp3) is 0.417. The molecule has 0 saturated heterocycles. The zero-order valence-corrected chi connectivity index (χ0v) is 20.4. The normalized spacial score (nSPS) is 15.8. The van der Waals surface area contributed by atoms with Gasteiger partial charge in [-0.2, -0.15) is 9.29 Å². The Kier molecular flexibility index (Phi) is 6.20. The van der Waals surface area contributed by atoms with Gasteiger partial charge in [-0.25, -0.2) is 8.42 Å². The number of para-hydroxylation sites is 2. The van der Waals surface area contributed by atoms with Crippen molar-refractivity contribution in [3.8, 4) is 0 Å². The topological polar surface area (TPSA) is 101 Å². The molecule has 1 unspecified atom stereocenters.